The van der Waals surface area contributed by atoms with E-state index in [1.807, 2.05) is 6.92 Å². The second-order valence-electron chi connectivity index (χ2n) is 4.76. The van der Waals surface area contributed by atoms with Gasteiger partial charge in [-0.05, 0) is 24.3 Å². The zero-order valence-electron chi connectivity index (χ0n) is 10.2. The first kappa shape index (κ1) is 12.2. The molecule has 1 atom stereocenters. The summed E-state index contributed by atoms with van der Waals surface area (Å²) in [6, 6.07) is 0. The molecule has 1 heterocycles. The highest BCUT2D eigenvalue weighted by Crippen LogP contribution is 2.10. The van der Waals surface area contributed by atoms with E-state index in [0.717, 1.165) is 25.2 Å². The van der Waals surface area contributed by atoms with E-state index in [0.29, 0.717) is 11.8 Å². The Bertz CT molecular complexity index is 263. The molecule has 15 heavy (non-hydrogen) atoms. The standard InChI is InChI=1S/C12H22N2O/c1-8(2)9(3)5-14-12(15)10(4)11-6-13-7-11/h8-9,13H,5-7H2,1-4H3,(H,14,15). The minimum absolute atomic E-state index is 0.0963. The van der Waals surface area contributed by atoms with Crippen molar-refractivity contribution >= 4 is 5.91 Å². The minimum atomic E-state index is 0.0963. The topological polar surface area (TPSA) is 41.1 Å². The molecule has 0 saturated carbocycles. The van der Waals surface area contributed by atoms with Crippen LogP contribution in [0.5, 0.6) is 0 Å². The fraction of sp³-hybridized carbons (Fsp3) is 0.750. The highest BCUT2D eigenvalue weighted by Gasteiger charge is 2.16. The maximum atomic E-state index is 11.7. The Labute approximate surface area is 92.3 Å². The number of carbonyl (C=O) groups excluding carboxylic acids is 1. The zero-order chi connectivity index (χ0) is 11.4. The van der Waals surface area contributed by atoms with Crippen LogP contribution in [-0.2, 0) is 4.79 Å². The monoisotopic (exact) mass is 210 g/mol. The first-order valence-electron chi connectivity index (χ1n) is 5.70. The quantitative estimate of drug-likeness (QED) is 0.687. The Morgan fingerprint density at radius 2 is 2.00 bits per heavy atom. The van der Waals surface area contributed by atoms with Crippen molar-refractivity contribution in [3.63, 3.8) is 0 Å². The number of amides is 1. The summed E-state index contributed by atoms with van der Waals surface area (Å²) in [5, 5.41) is 6.13. The number of hydrogen-bond acceptors (Lipinski definition) is 2. The molecule has 2 N–H and O–H groups in total. The lowest BCUT2D eigenvalue weighted by Crippen LogP contribution is -2.38. The SMILES string of the molecule is CC(C(=O)NCC(C)C(C)C)=C1CNC1. The Kier molecular flexibility index (Phi) is 4.33. The van der Waals surface area contributed by atoms with Crippen LogP contribution in [-0.4, -0.2) is 25.5 Å². The highest BCUT2D eigenvalue weighted by atomic mass is 16.1. The molecule has 0 radical (unpaired) electrons. The van der Waals surface area contributed by atoms with Crippen LogP contribution in [0, 0.1) is 11.8 Å². The maximum absolute atomic E-state index is 11.7. The third-order valence-corrected chi connectivity index (χ3v) is 3.27. The molecule has 0 spiro atoms. The van der Waals surface area contributed by atoms with E-state index in [4.69, 9.17) is 0 Å². The average Bonchev–Trinajstić information content (AvgIpc) is 2.10. The fourth-order valence-corrected chi connectivity index (χ4v) is 1.30. The summed E-state index contributed by atoms with van der Waals surface area (Å²) in [5.41, 5.74) is 2.13. The van der Waals surface area contributed by atoms with Gasteiger partial charge in [-0.1, -0.05) is 20.8 Å². The number of nitrogens with one attached hydrogen (secondary N) is 2. The van der Waals surface area contributed by atoms with Gasteiger partial charge in [0.15, 0.2) is 0 Å². The van der Waals surface area contributed by atoms with Crippen molar-refractivity contribution in [3.05, 3.63) is 11.1 Å². The summed E-state index contributed by atoms with van der Waals surface area (Å²) >= 11 is 0. The molecule has 86 valence electrons. The molecular weight excluding hydrogens is 188 g/mol. The molecule has 0 aromatic carbocycles. The smallest absolute Gasteiger partial charge is 0.246 e. The van der Waals surface area contributed by atoms with Crippen LogP contribution >= 0.6 is 0 Å². The van der Waals surface area contributed by atoms with Crippen LogP contribution in [0.25, 0.3) is 0 Å². The first-order valence-corrected chi connectivity index (χ1v) is 5.70. The Morgan fingerprint density at radius 1 is 1.40 bits per heavy atom. The van der Waals surface area contributed by atoms with Crippen molar-refractivity contribution in [1.29, 1.82) is 0 Å². The van der Waals surface area contributed by atoms with E-state index < -0.39 is 0 Å². The van der Waals surface area contributed by atoms with Gasteiger partial charge in [0.1, 0.15) is 0 Å². The van der Waals surface area contributed by atoms with Gasteiger partial charge in [-0.25, -0.2) is 0 Å². The summed E-state index contributed by atoms with van der Waals surface area (Å²) in [4.78, 5) is 11.7. The first-order chi connectivity index (χ1) is 7.02. The largest absolute Gasteiger partial charge is 0.352 e. The van der Waals surface area contributed by atoms with E-state index >= 15 is 0 Å². The van der Waals surface area contributed by atoms with Crippen LogP contribution in [0.4, 0.5) is 0 Å². The molecule has 3 nitrogen and oxygen atoms in total. The fourth-order valence-electron chi connectivity index (χ4n) is 1.30. The molecule has 1 rings (SSSR count). The molecule has 0 bridgehead atoms. The van der Waals surface area contributed by atoms with Crippen molar-refractivity contribution in [3.8, 4) is 0 Å². The van der Waals surface area contributed by atoms with E-state index in [9.17, 15) is 4.79 Å². The lowest BCUT2D eigenvalue weighted by molar-refractivity contribution is -0.117. The lowest BCUT2D eigenvalue weighted by atomic mass is 9.98. The van der Waals surface area contributed by atoms with Crippen molar-refractivity contribution < 1.29 is 4.79 Å². The third-order valence-electron chi connectivity index (χ3n) is 3.27. The van der Waals surface area contributed by atoms with Gasteiger partial charge in [0.25, 0.3) is 0 Å². The van der Waals surface area contributed by atoms with Crippen molar-refractivity contribution in [2.24, 2.45) is 11.8 Å². The lowest BCUT2D eigenvalue weighted by Gasteiger charge is -2.22. The van der Waals surface area contributed by atoms with Crippen LogP contribution in [0.3, 0.4) is 0 Å². The van der Waals surface area contributed by atoms with Gasteiger partial charge < -0.3 is 10.6 Å². The summed E-state index contributed by atoms with van der Waals surface area (Å²) in [5.74, 6) is 1.24. The predicted octanol–water partition coefficient (Wildman–Crippen LogP) is 1.31. The number of hydrogen-bond donors (Lipinski definition) is 2. The number of carbonyl (C=O) groups is 1. The molecule has 1 unspecified atom stereocenters. The Morgan fingerprint density at radius 3 is 2.40 bits per heavy atom. The van der Waals surface area contributed by atoms with Gasteiger partial charge in [-0.3, -0.25) is 4.79 Å². The van der Waals surface area contributed by atoms with E-state index in [1.165, 1.54) is 5.57 Å². The van der Waals surface area contributed by atoms with E-state index in [2.05, 4.69) is 31.4 Å². The summed E-state index contributed by atoms with van der Waals surface area (Å²) < 4.78 is 0. The molecule has 0 aliphatic carbocycles. The van der Waals surface area contributed by atoms with Gasteiger partial charge in [0.2, 0.25) is 5.91 Å². The molecule has 1 aliphatic rings. The minimum Gasteiger partial charge on any atom is -0.352 e. The second kappa shape index (κ2) is 5.31. The normalized spacial score (nSPS) is 17.3. The van der Waals surface area contributed by atoms with Gasteiger partial charge >= 0.3 is 0 Å². The Balaban J connectivity index is 2.36. The summed E-state index contributed by atoms with van der Waals surface area (Å²) in [6.45, 7) is 11.0. The van der Waals surface area contributed by atoms with Crippen molar-refractivity contribution in [2.45, 2.75) is 27.7 Å². The summed E-state index contributed by atoms with van der Waals surface area (Å²) in [7, 11) is 0. The number of rotatable bonds is 4. The van der Waals surface area contributed by atoms with Crippen LogP contribution in [0.2, 0.25) is 0 Å². The molecule has 1 aliphatic heterocycles. The summed E-state index contributed by atoms with van der Waals surface area (Å²) in [6.07, 6.45) is 0. The van der Waals surface area contributed by atoms with E-state index in [-0.39, 0.29) is 5.91 Å². The molecule has 1 amide bonds. The van der Waals surface area contributed by atoms with Gasteiger partial charge in [-0.15, -0.1) is 0 Å². The molecule has 0 aromatic rings. The van der Waals surface area contributed by atoms with Crippen LogP contribution < -0.4 is 10.6 Å². The molecule has 0 aromatic heterocycles. The van der Waals surface area contributed by atoms with Crippen molar-refractivity contribution in [2.75, 3.05) is 19.6 Å². The van der Waals surface area contributed by atoms with Crippen LogP contribution in [0.1, 0.15) is 27.7 Å². The maximum Gasteiger partial charge on any atom is 0.246 e. The predicted molar refractivity (Wildman–Crippen MR) is 62.6 cm³/mol. The molecule has 1 fully saturated rings. The molecular formula is C12H22N2O. The highest BCUT2D eigenvalue weighted by molar-refractivity contribution is 5.93. The van der Waals surface area contributed by atoms with Crippen LogP contribution in [0.15, 0.2) is 11.1 Å². The average molecular weight is 210 g/mol. The molecule has 3 heteroatoms. The molecule has 1 saturated heterocycles. The third kappa shape index (κ3) is 3.34. The van der Waals surface area contributed by atoms with Gasteiger partial charge in [-0.2, -0.15) is 0 Å². The van der Waals surface area contributed by atoms with E-state index in [1.54, 1.807) is 0 Å². The Hall–Kier alpha value is -0.830. The van der Waals surface area contributed by atoms with Crippen molar-refractivity contribution in [1.82, 2.24) is 10.6 Å². The van der Waals surface area contributed by atoms with Gasteiger partial charge in [0, 0.05) is 25.2 Å². The zero-order valence-corrected chi connectivity index (χ0v) is 10.2. The second-order valence-corrected chi connectivity index (χ2v) is 4.76. The van der Waals surface area contributed by atoms with Gasteiger partial charge in [0.05, 0.1) is 0 Å².